The van der Waals surface area contributed by atoms with Crippen molar-refractivity contribution in [2.45, 2.75) is 0 Å². The van der Waals surface area contributed by atoms with Gasteiger partial charge in [0.15, 0.2) is 6.29 Å². The Labute approximate surface area is 89.5 Å². The molecule has 0 radical (unpaired) electrons. The first-order valence-corrected chi connectivity index (χ1v) is 4.84. The van der Waals surface area contributed by atoms with Crippen molar-refractivity contribution in [1.29, 1.82) is 0 Å². The predicted octanol–water partition coefficient (Wildman–Crippen LogP) is 2.45. The van der Waals surface area contributed by atoms with E-state index in [9.17, 15) is 4.79 Å². The van der Waals surface area contributed by atoms with Crippen molar-refractivity contribution in [1.82, 2.24) is 9.55 Å². The molecule has 1 aromatic heterocycles. The number of hydrogen-bond donors (Lipinski definition) is 0. The van der Waals surface area contributed by atoms with Crippen LogP contribution in [0.4, 0.5) is 0 Å². The molecule has 2 aromatic rings. The molecule has 1 heterocycles. The van der Waals surface area contributed by atoms with Gasteiger partial charge in [0.2, 0.25) is 0 Å². The number of carbonyl (C=O) groups excluding carboxylic acids is 1. The van der Waals surface area contributed by atoms with E-state index in [0.717, 1.165) is 16.4 Å². The Bertz CT molecular complexity index is 465. The van der Waals surface area contributed by atoms with E-state index in [2.05, 4.69) is 20.9 Å². The van der Waals surface area contributed by atoms with Crippen LogP contribution in [0.2, 0.25) is 0 Å². The molecule has 0 amide bonds. The van der Waals surface area contributed by atoms with Crippen molar-refractivity contribution in [3.05, 3.63) is 47.0 Å². The summed E-state index contributed by atoms with van der Waals surface area (Å²) in [5.41, 5.74) is 1.45. The molecule has 0 saturated heterocycles. The molecule has 0 aliphatic rings. The highest BCUT2D eigenvalue weighted by atomic mass is 79.9. The Morgan fingerprint density at radius 3 is 2.86 bits per heavy atom. The summed E-state index contributed by atoms with van der Waals surface area (Å²) >= 11 is 3.42. The van der Waals surface area contributed by atoms with Crippen LogP contribution in [0.5, 0.6) is 0 Å². The molecule has 4 heteroatoms. The van der Waals surface area contributed by atoms with Crippen LogP contribution in [0.15, 0.2) is 41.3 Å². The van der Waals surface area contributed by atoms with Crippen LogP contribution in [0, 0.1) is 0 Å². The smallest absolute Gasteiger partial charge is 0.168 e. The number of aldehydes is 1. The molecule has 0 spiro atoms. The molecule has 0 N–H and O–H groups in total. The second-order valence-corrected chi connectivity index (χ2v) is 3.61. The highest BCUT2D eigenvalue weighted by Crippen LogP contribution is 2.20. The van der Waals surface area contributed by atoms with E-state index in [-0.39, 0.29) is 0 Å². The number of nitrogens with zero attached hydrogens (tertiary/aromatic N) is 2. The van der Waals surface area contributed by atoms with Gasteiger partial charge in [-0.1, -0.05) is 12.1 Å². The number of carbonyl (C=O) groups is 1. The zero-order valence-electron chi connectivity index (χ0n) is 7.22. The van der Waals surface area contributed by atoms with Crippen molar-refractivity contribution in [3.8, 4) is 5.69 Å². The average Bonchev–Trinajstić information content (AvgIpc) is 2.66. The van der Waals surface area contributed by atoms with Crippen LogP contribution in [0.3, 0.4) is 0 Å². The first-order chi connectivity index (χ1) is 6.83. The van der Waals surface area contributed by atoms with E-state index >= 15 is 0 Å². The molecule has 70 valence electrons. The molecule has 0 aliphatic heterocycles. The van der Waals surface area contributed by atoms with Gasteiger partial charge in [0, 0.05) is 4.47 Å². The van der Waals surface area contributed by atoms with E-state index in [0.29, 0.717) is 5.69 Å². The number of aromatic nitrogens is 2. The maximum absolute atomic E-state index is 10.7. The van der Waals surface area contributed by atoms with Gasteiger partial charge in [-0.3, -0.25) is 9.36 Å². The third kappa shape index (κ3) is 1.48. The maximum Gasteiger partial charge on any atom is 0.168 e. The Hall–Kier alpha value is -1.42. The van der Waals surface area contributed by atoms with Crippen LogP contribution in [0.1, 0.15) is 10.5 Å². The van der Waals surface area contributed by atoms with E-state index in [1.54, 1.807) is 10.9 Å². The van der Waals surface area contributed by atoms with E-state index in [1.807, 2.05) is 24.3 Å². The van der Waals surface area contributed by atoms with Gasteiger partial charge in [0.25, 0.3) is 0 Å². The van der Waals surface area contributed by atoms with Gasteiger partial charge in [0.1, 0.15) is 5.69 Å². The van der Waals surface area contributed by atoms with E-state index in [4.69, 9.17) is 0 Å². The summed E-state index contributed by atoms with van der Waals surface area (Å²) in [4.78, 5) is 14.6. The minimum Gasteiger partial charge on any atom is -0.296 e. The zero-order valence-corrected chi connectivity index (χ0v) is 8.81. The monoisotopic (exact) mass is 250 g/mol. The lowest BCUT2D eigenvalue weighted by atomic mass is 10.3. The summed E-state index contributed by atoms with van der Waals surface area (Å²) in [7, 11) is 0. The Morgan fingerprint density at radius 2 is 2.14 bits per heavy atom. The molecule has 0 atom stereocenters. The molecule has 0 unspecified atom stereocenters. The largest absolute Gasteiger partial charge is 0.296 e. The van der Waals surface area contributed by atoms with Crippen molar-refractivity contribution in [2.24, 2.45) is 0 Å². The Morgan fingerprint density at radius 1 is 1.36 bits per heavy atom. The maximum atomic E-state index is 10.7. The molecular weight excluding hydrogens is 244 g/mol. The van der Waals surface area contributed by atoms with Gasteiger partial charge in [-0.2, -0.15) is 0 Å². The first-order valence-electron chi connectivity index (χ1n) is 4.05. The third-order valence-corrected chi connectivity index (χ3v) is 2.57. The number of benzene rings is 1. The predicted molar refractivity (Wildman–Crippen MR) is 56.7 cm³/mol. The molecule has 0 bridgehead atoms. The fraction of sp³-hybridized carbons (Fsp3) is 0. The Kier molecular flexibility index (Phi) is 2.45. The fourth-order valence-electron chi connectivity index (χ4n) is 1.24. The third-order valence-electron chi connectivity index (χ3n) is 1.90. The molecule has 3 nitrogen and oxygen atoms in total. The van der Waals surface area contributed by atoms with Gasteiger partial charge < -0.3 is 0 Å². The lowest BCUT2D eigenvalue weighted by Crippen LogP contribution is -1.97. The van der Waals surface area contributed by atoms with Crippen LogP contribution >= 0.6 is 15.9 Å². The topological polar surface area (TPSA) is 34.9 Å². The summed E-state index contributed by atoms with van der Waals surface area (Å²) < 4.78 is 2.66. The van der Waals surface area contributed by atoms with Crippen molar-refractivity contribution >= 4 is 22.2 Å². The fourth-order valence-corrected chi connectivity index (χ4v) is 1.72. The molecule has 0 aliphatic carbocycles. The van der Waals surface area contributed by atoms with Crippen molar-refractivity contribution in [2.75, 3.05) is 0 Å². The van der Waals surface area contributed by atoms with Gasteiger partial charge in [-0.15, -0.1) is 0 Å². The number of imidazole rings is 1. The van der Waals surface area contributed by atoms with Crippen LogP contribution < -0.4 is 0 Å². The number of halogens is 1. The first kappa shape index (κ1) is 9.15. The van der Waals surface area contributed by atoms with Crippen LogP contribution in [0.25, 0.3) is 5.69 Å². The zero-order chi connectivity index (χ0) is 9.97. The molecule has 14 heavy (non-hydrogen) atoms. The molecule has 0 saturated carbocycles. The second-order valence-electron chi connectivity index (χ2n) is 2.76. The standard InChI is InChI=1S/C10H7BrN2O/c11-9-3-1-2-4-10(9)13-7-12-5-8(13)6-14/h1-7H. The summed E-state index contributed by atoms with van der Waals surface area (Å²) in [6, 6.07) is 7.67. The minimum atomic E-state index is 0.539. The minimum absolute atomic E-state index is 0.539. The summed E-state index contributed by atoms with van der Waals surface area (Å²) in [5.74, 6) is 0. The molecular formula is C10H7BrN2O. The molecule has 2 rings (SSSR count). The summed E-state index contributed by atoms with van der Waals surface area (Å²) in [5, 5.41) is 0. The highest BCUT2D eigenvalue weighted by molar-refractivity contribution is 9.10. The van der Waals surface area contributed by atoms with Gasteiger partial charge in [-0.25, -0.2) is 4.98 Å². The lowest BCUT2D eigenvalue weighted by molar-refractivity contribution is 0.111. The number of rotatable bonds is 2. The molecule has 1 aromatic carbocycles. The lowest BCUT2D eigenvalue weighted by Gasteiger charge is -2.05. The van der Waals surface area contributed by atoms with Gasteiger partial charge >= 0.3 is 0 Å². The van der Waals surface area contributed by atoms with E-state index < -0.39 is 0 Å². The summed E-state index contributed by atoms with van der Waals surface area (Å²) in [6.45, 7) is 0. The number of para-hydroxylation sites is 1. The summed E-state index contributed by atoms with van der Waals surface area (Å²) in [6.07, 6.45) is 3.93. The van der Waals surface area contributed by atoms with Gasteiger partial charge in [-0.05, 0) is 28.1 Å². The SMILES string of the molecule is O=Cc1cncn1-c1ccccc1Br. The number of hydrogen-bond acceptors (Lipinski definition) is 2. The normalized spacial score (nSPS) is 10.1. The van der Waals surface area contributed by atoms with Crippen molar-refractivity contribution in [3.63, 3.8) is 0 Å². The second kappa shape index (κ2) is 3.75. The van der Waals surface area contributed by atoms with Crippen molar-refractivity contribution < 1.29 is 4.79 Å². The average molecular weight is 251 g/mol. The van der Waals surface area contributed by atoms with Crippen LogP contribution in [-0.2, 0) is 0 Å². The van der Waals surface area contributed by atoms with Gasteiger partial charge in [0.05, 0.1) is 18.2 Å². The Balaban J connectivity index is 2.60. The quantitative estimate of drug-likeness (QED) is 0.768. The molecule has 0 fully saturated rings. The highest BCUT2D eigenvalue weighted by Gasteiger charge is 2.05. The van der Waals surface area contributed by atoms with Crippen LogP contribution in [-0.4, -0.2) is 15.8 Å². The van der Waals surface area contributed by atoms with E-state index in [1.165, 1.54) is 6.20 Å².